The first-order chi connectivity index (χ1) is 13.1. The van der Waals surface area contributed by atoms with Crippen molar-refractivity contribution in [1.29, 1.82) is 0 Å². The van der Waals surface area contributed by atoms with Crippen molar-refractivity contribution >= 4 is 23.6 Å². The maximum Gasteiger partial charge on any atom is 0.291 e. The van der Waals surface area contributed by atoms with Gasteiger partial charge in [0.2, 0.25) is 0 Å². The number of nitrogens with one attached hydrogen (secondary N) is 2. The molecule has 0 aliphatic carbocycles. The highest BCUT2D eigenvalue weighted by Crippen LogP contribution is 2.33. The minimum Gasteiger partial charge on any atom is -0.496 e. The number of methoxy groups -OCH3 is 1. The SMILES string of the molecule is CCCCNC(=O)c1ccc2c(c1)NC(=O)C(=Cc1ccccc1OC)O2. The third-order valence-corrected chi connectivity index (χ3v) is 4.18. The van der Waals surface area contributed by atoms with E-state index >= 15 is 0 Å². The summed E-state index contributed by atoms with van der Waals surface area (Å²) in [5.41, 5.74) is 1.69. The fraction of sp³-hybridized carbons (Fsp3) is 0.238. The maximum absolute atomic E-state index is 12.4. The highest BCUT2D eigenvalue weighted by atomic mass is 16.5. The van der Waals surface area contributed by atoms with E-state index in [1.165, 1.54) is 0 Å². The number of fused-ring (bicyclic) bond motifs is 1. The molecule has 1 heterocycles. The van der Waals surface area contributed by atoms with E-state index in [9.17, 15) is 9.59 Å². The molecule has 0 aromatic heterocycles. The summed E-state index contributed by atoms with van der Waals surface area (Å²) in [4.78, 5) is 24.6. The quantitative estimate of drug-likeness (QED) is 0.605. The molecule has 140 valence electrons. The average molecular weight is 366 g/mol. The van der Waals surface area contributed by atoms with Crippen molar-refractivity contribution in [3.05, 3.63) is 59.4 Å². The van der Waals surface area contributed by atoms with Crippen molar-refractivity contribution in [3.8, 4) is 11.5 Å². The Balaban J connectivity index is 1.81. The van der Waals surface area contributed by atoms with Crippen LogP contribution in [0.3, 0.4) is 0 Å². The highest BCUT2D eigenvalue weighted by Gasteiger charge is 2.23. The zero-order valence-electron chi connectivity index (χ0n) is 15.4. The molecule has 0 saturated heterocycles. The lowest BCUT2D eigenvalue weighted by atomic mass is 10.1. The summed E-state index contributed by atoms with van der Waals surface area (Å²) in [6.45, 7) is 2.69. The third kappa shape index (κ3) is 4.28. The Morgan fingerprint density at radius 1 is 1.26 bits per heavy atom. The standard InChI is InChI=1S/C21H22N2O4/c1-3-4-11-22-20(24)15-9-10-18-16(12-15)23-21(25)19(27-18)13-14-7-5-6-8-17(14)26-2/h5-10,12-13H,3-4,11H2,1-2H3,(H,22,24)(H,23,25). The van der Waals surface area contributed by atoms with E-state index < -0.39 is 0 Å². The Morgan fingerprint density at radius 3 is 2.85 bits per heavy atom. The van der Waals surface area contributed by atoms with Crippen molar-refractivity contribution in [1.82, 2.24) is 5.32 Å². The summed E-state index contributed by atoms with van der Waals surface area (Å²) < 4.78 is 11.0. The van der Waals surface area contributed by atoms with E-state index in [0.717, 1.165) is 18.4 Å². The maximum atomic E-state index is 12.4. The van der Waals surface area contributed by atoms with E-state index in [1.807, 2.05) is 24.3 Å². The van der Waals surface area contributed by atoms with Gasteiger partial charge < -0.3 is 20.1 Å². The number of para-hydroxylation sites is 1. The molecular weight excluding hydrogens is 344 g/mol. The van der Waals surface area contributed by atoms with Gasteiger partial charge in [-0.1, -0.05) is 31.5 Å². The molecule has 3 rings (SSSR count). The lowest BCUT2D eigenvalue weighted by molar-refractivity contribution is -0.115. The van der Waals surface area contributed by atoms with Gasteiger partial charge in [0.1, 0.15) is 5.75 Å². The van der Waals surface area contributed by atoms with Gasteiger partial charge in [0.15, 0.2) is 11.5 Å². The van der Waals surface area contributed by atoms with Gasteiger partial charge in [-0.2, -0.15) is 0 Å². The van der Waals surface area contributed by atoms with E-state index in [1.54, 1.807) is 31.4 Å². The summed E-state index contributed by atoms with van der Waals surface area (Å²) in [6, 6.07) is 12.3. The van der Waals surface area contributed by atoms with Crippen LogP contribution in [0.2, 0.25) is 0 Å². The summed E-state index contributed by atoms with van der Waals surface area (Å²) in [5, 5.41) is 5.63. The van der Waals surface area contributed by atoms with Crippen LogP contribution in [0.1, 0.15) is 35.7 Å². The van der Waals surface area contributed by atoms with Crippen LogP contribution in [0.4, 0.5) is 5.69 Å². The van der Waals surface area contributed by atoms with Crippen molar-refractivity contribution in [2.45, 2.75) is 19.8 Å². The molecule has 1 aliphatic heterocycles. The van der Waals surface area contributed by atoms with Gasteiger partial charge in [-0.15, -0.1) is 0 Å². The largest absolute Gasteiger partial charge is 0.496 e. The van der Waals surface area contributed by atoms with E-state index in [4.69, 9.17) is 9.47 Å². The molecular formula is C21H22N2O4. The smallest absolute Gasteiger partial charge is 0.291 e. The predicted octanol–water partition coefficient (Wildman–Crippen LogP) is 3.60. The van der Waals surface area contributed by atoms with Gasteiger partial charge >= 0.3 is 0 Å². The lowest BCUT2D eigenvalue weighted by Crippen LogP contribution is -2.26. The Bertz CT molecular complexity index is 890. The zero-order chi connectivity index (χ0) is 19.2. The number of anilines is 1. The van der Waals surface area contributed by atoms with Gasteiger partial charge in [0.25, 0.3) is 11.8 Å². The summed E-state index contributed by atoms with van der Waals surface area (Å²) in [5.74, 6) is 0.743. The Labute approximate surface area is 158 Å². The summed E-state index contributed by atoms with van der Waals surface area (Å²) in [7, 11) is 1.57. The van der Waals surface area contributed by atoms with Crippen molar-refractivity contribution in [3.63, 3.8) is 0 Å². The van der Waals surface area contributed by atoms with Crippen molar-refractivity contribution in [2.75, 3.05) is 19.0 Å². The molecule has 6 heteroatoms. The number of carbonyl (C=O) groups is 2. The first-order valence-electron chi connectivity index (χ1n) is 8.88. The number of benzene rings is 2. The van der Waals surface area contributed by atoms with Crippen LogP contribution in [-0.4, -0.2) is 25.5 Å². The minimum atomic E-state index is -0.378. The number of carbonyl (C=O) groups excluding carboxylic acids is 2. The number of hydrogen-bond donors (Lipinski definition) is 2. The van der Waals surface area contributed by atoms with Crippen LogP contribution in [0.15, 0.2) is 48.2 Å². The van der Waals surface area contributed by atoms with E-state index in [-0.39, 0.29) is 17.6 Å². The molecule has 2 aromatic carbocycles. The fourth-order valence-corrected chi connectivity index (χ4v) is 2.71. The zero-order valence-corrected chi connectivity index (χ0v) is 15.4. The predicted molar refractivity (Wildman–Crippen MR) is 104 cm³/mol. The summed E-state index contributed by atoms with van der Waals surface area (Å²) in [6.07, 6.45) is 3.56. The molecule has 0 radical (unpaired) electrons. The van der Waals surface area contributed by atoms with Gasteiger partial charge in [0, 0.05) is 17.7 Å². The van der Waals surface area contributed by atoms with Crippen LogP contribution < -0.4 is 20.1 Å². The monoisotopic (exact) mass is 366 g/mol. The van der Waals surface area contributed by atoms with Gasteiger partial charge in [-0.3, -0.25) is 9.59 Å². The molecule has 27 heavy (non-hydrogen) atoms. The van der Waals surface area contributed by atoms with Crippen LogP contribution >= 0.6 is 0 Å². The van der Waals surface area contributed by atoms with Gasteiger partial charge in [-0.05, 0) is 36.8 Å². The third-order valence-electron chi connectivity index (χ3n) is 4.18. The Morgan fingerprint density at radius 2 is 2.07 bits per heavy atom. The fourth-order valence-electron chi connectivity index (χ4n) is 2.71. The summed E-state index contributed by atoms with van der Waals surface area (Å²) >= 11 is 0. The number of ether oxygens (including phenoxy) is 2. The van der Waals surface area contributed by atoms with Crippen molar-refractivity contribution < 1.29 is 19.1 Å². The van der Waals surface area contributed by atoms with Crippen LogP contribution in [0, 0.1) is 0 Å². The second-order valence-electron chi connectivity index (χ2n) is 6.13. The number of rotatable bonds is 6. The van der Waals surface area contributed by atoms with Crippen LogP contribution in [-0.2, 0) is 4.79 Å². The van der Waals surface area contributed by atoms with Crippen LogP contribution in [0.5, 0.6) is 11.5 Å². The molecule has 0 unspecified atom stereocenters. The molecule has 0 atom stereocenters. The Kier molecular flexibility index (Phi) is 5.76. The molecule has 0 fully saturated rings. The Hall–Kier alpha value is -3.28. The molecule has 0 saturated carbocycles. The van der Waals surface area contributed by atoms with Gasteiger partial charge in [-0.25, -0.2) is 0 Å². The topological polar surface area (TPSA) is 76.7 Å². The molecule has 2 aromatic rings. The lowest BCUT2D eigenvalue weighted by Gasteiger charge is -2.20. The normalized spacial score (nSPS) is 14.1. The van der Waals surface area contributed by atoms with Crippen LogP contribution in [0.25, 0.3) is 6.08 Å². The molecule has 0 bridgehead atoms. The molecule has 1 aliphatic rings. The number of hydrogen-bond acceptors (Lipinski definition) is 4. The van der Waals surface area contributed by atoms with Crippen molar-refractivity contribution in [2.24, 2.45) is 0 Å². The number of amides is 2. The minimum absolute atomic E-state index is 0.159. The molecule has 2 N–H and O–H groups in total. The number of unbranched alkanes of at least 4 members (excludes halogenated alkanes) is 1. The van der Waals surface area contributed by atoms with E-state index in [0.29, 0.717) is 29.3 Å². The highest BCUT2D eigenvalue weighted by molar-refractivity contribution is 6.09. The van der Waals surface area contributed by atoms with Gasteiger partial charge in [0.05, 0.1) is 12.8 Å². The first-order valence-corrected chi connectivity index (χ1v) is 8.88. The first kappa shape index (κ1) is 18.5. The molecule has 2 amide bonds. The molecule has 0 spiro atoms. The average Bonchev–Trinajstić information content (AvgIpc) is 2.68. The second-order valence-corrected chi connectivity index (χ2v) is 6.13. The second kappa shape index (κ2) is 8.40. The van der Waals surface area contributed by atoms with E-state index in [2.05, 4.69) is 17.6 Å². The molecule has 6 nitrogen and oxygen atoms in total.